The first-order valence-electron chi connectivity index (χ1n) is 7.78. The molecule has 0 fully saturated rings. The second kappa shape index (κ2) is 13.3. The molecule has 18 heavy (non-hydrogen) atoms. The number of nitrogens with zero attached hydrogens (tertiary/aromatic N) is 2. The van der Waals surface area contributed by atoms with Crippen molar-refractivity contribution in [1.82, 2.24) is 15.1 Å². The SMILES string of the molecule is CCNCCCCCCN(CC)CCCN(C)C. The highest BCUT2D eigenvalue weighted by atomic mass is 15.1. The zero-order chi connectivity index (χ0) is 13.6. The van der Waals surface area contributed by atoms with Crippen LogP contribution in [0.1, 0.15) is 46.0 Å². The first kappa shape index (κ1) is 17.9. The Kier molecular flexibility index (Phi) is 13.2. The summed E-state index contributed by atoms with van der Waals surface area (Å²) in [6, 6.07) is 0. The van der Waals surface area contributed by atoms with Gasteiger partial charge in [-0.1, -0.05) is 26.7 Å². The normalized spacial score (nSPS) is 11.7. The summed E-state index contributed by atoms with van der Waals surface area (Å²) in [5.41, 5.74) is 0. The lowest BCUT2D eigenvalue weighted by Gasteiger charge is -2.21. The Morgan fingerprint density at radius 3 is 2.06 bits per heavy atom. The number of rotatable bonds is 13. The van der Waals surface area contributed by atoms with Gasteiger partial charge in [0.05, 0.1) is 0 Å². The fraction of sp³-hybridized carbons (Fsp3) is 1.00. The van der Waals surface area contributed by atoms with Gasteiger partial charge in [-0.3, -0.25) is 0 Å². The predicted molar refractivity (Wildman–Crippen MR) is 82.3 cm³/mol. The van der Waals surface area contributed by atoms with Gasteiger partial charge in [0, 0.05) is 0 Å². The van der Waals surface area contributed by atoms with E-state index in [1.54, 1.807) is 0 Å². The van der Waals surface area contributed by atoms with E-state index in [0.29, 0.717) is 0 Å². The maximum atomic E-state index is 3.38. The van der Waals surface area contributed by atoms with Gasteiger partial charge >= 0.3 is 0 Å². The molecular formula is C15H35N3. The fourth-order valence-electron chi connectivity index (χ4n) is 2.15. The van der Waals surface area contributed by atoms with Crippen molar-refractivity contribution in [2.24, 2.45) is 0 Å². The lowest BCUT2D eigenvalue weighted by atomic mass is 10.2. The summed E-state index contributed by atoms with van der Waals surface area (Å²) in [6.07, 6.45) is 6.75. The van der Waals surface area contributed by atoms with Gasteiger partial charge in [-0.2, -0.15) is 0 Å². The van der Waals surface area contributed by atoms with Crippen LogP contribution in [0.5, 0.6) is 0 Å². The molecule has 0 saturated carbocycles. The summed E-state index contributed by atoms with van der Waals surface area (Å²) >= 11 is 0. The van der Waals surface area contributed by atoms with Gasteiger partial charge in [0.1, 0.15) is 0 Å². The van der Waals surface area contributed by atoms with Crippen molar-refractivity contribution >= 4 is 0 Å². The smallest absolute Gasteiger partial charge is 0.000667 e. The third-order valence-electron chi connectivity index (χ3n) is 3.35. The second-order valence-electron chi connectivity index (χ2n) is 5.36. The molecule has 0 rings (SSSR count). The van der Waals surface area contributed by atoms with Crippen LogP contribution in [0.2, 0.25) is 0 Å². The molecule has 0 atom stereocenters. The van der Waals surface area contributed by atoms with E-state index in [1.807, 2.05) is 0 Å². The van der Waals surface area contributed by atoms with E-state index in [2.05, 4.69) is 43.1 Å². The Bertz CT molecular complexity index is 160. The van der Waals surface area contributed by atoms with E-state index < -0.39 is 0 Å². The average Bonchev–Trinajstić information content (AvgIpc) is 2.35. The van der Waals surface area contributed by atoms with Crippen molar-refractivity contribution in [2.45, 2.75) is 46.0 Å². The summed E-state index contributed by atoms with van der Waals surface area (Å²) in [4.78, 5) is 4.86. The van der Waals surface area contributed by atoms with Gasteiger partial charge in [0.2, 0.25) is 0 Å². The molecule has 0 aliphatic rings. The van der Waals surface area contributed by atoms with Crippen molar-refractivity contribution in [1.29, 1.82) is 0 Å². The molecule has 0 spiro atoms. The van der Waals surface area contributed by atoms with Gasteiger partial charge < -0.3 is 15.1 Å². The highest BCUT2D eigenvalue weighted by Gasteiger charge is 2.02. The monoisotopic (exact) mass is 257 g/mol. The average molecular weight is 257 g/mol. The fourth-order valence-corrected chi connectivity index (χ4v) is 2.15. The lowest BCUT2D eigenvalue weighted by molar-refractivity contribution is 0.260. The molecule has 1 N–H and O–H groups in total. The van der Waals surface area contributed by atoms with Crippen LogP contribution in [-0.4, -0.2) is 63.2 Å². The lowest BCUT2D eigenvalue weighted by Crippen LogP contribution is -2.28. The molecule has 0 saturated heterocycles. The molecule has 0 bridgehead atoms. The van der Waals surface area contributed by atoms with Gasteiger partial charge in [-0.05, 0) is 72.6 Å². The molecule has 0 aromatic carbocycles. The number of hydrogen-bond donors (Lipinski definition) is 1. The van der Waals surface area contributed by atoms with Crippen LogP contribution in [0.4, 0.5) is 0 Å². The molecule has 0 unspecified atom stereocenters. The first-order valence-corrected chi connectivity index (χ1v) is 7.78. The second-order valence-corrected chi connectivity index (χ2v) is 5.36. The molecule has 3 heteroatoms. The van der Waals surface area contributed by atoms with E-state index in [0.717, 1.165) is 6.54 Å². The van der Waals surface area contributed by atoms with Crippen LogP contribution < -0.4 is 5.32 Å². The predicted octanol–water partition coefficient (Wildman–Crippen LogP) is 2.43. The third-order valence-corrected chi connectivity index (χ3v) is 3.35. The molecule has 0 radical (unpaired) electrons. The van der Waals surface area contributed by atoms with Gasteiger partial charge in [-0.25, -0.2) is 0 Å². The molecule has 0 aliphatic heterocycles. The molecule has 0 aromatic heterocycles. The Morgan fingerprint density at radius 2 is 1.44 bits per heavy atom. The molecule has 3 nitrogen and oxygen atoms in total. The van der Waals surface area contributed by atoms with Crippen LogP contribution in [-0.2, 0) is 0 Å². The van der Waals surface area contributed by atoms with Crippen molar-refractivity contribution < 1.29 is 0 Å². The topological polar surface area (TPSA) is 18.5 Å². The summed E-state index contributed by atoms with van der Waals surface area (Å²) in [5.74, 6) is 0. The Labute approximate surface area is 115 Å². The largest absolute Gasteiger partial charge is 0.317 e. The molecular weight excluding hydrogens is 222 g/mol. The standard InChI is InChI=1S/C15H35N3/c1-5-16-12-9-7-8-10-14-18(6-2)15-11-13-17(3)4/h16H,5-15H2,1-4H3. The van der Waals surface area contributed by atoms with Crippen LogP contribution in [0.25, 0.3) is 0 Å². The molecule has 0 aliphatic carbocycles. The Morgan fingerprint density at radius 1 is 0.778 bits per heavy atom. The van der Waals surface area contributed by atoms with Crippen LogP contribution in [0.15, 0.2) is 0 Å². The zero-order valence-corrected chi connectivity index (χ0v) is 13.2. The van der Waals surface area contributed by atoms with Gasteiger partial charge in [0.15, 0.2) is 0 Å². The zero-order valence-electron chi connectivity index (χ0n) is 13.2. The third kappa shape index (κ3) is 12.3. The van der Waals surface area contributed by atoms with Gasteiger partial charge in [0.25, 0.3) is 0 Å². The minimum Gasteiger partial charge on any atom is -0.317 e. The minimum absolute atomic E-state index is 1.11. The van der Waals surface area contributed by atoms with Crippen molar-refractivity contribution in [3.8, 4) is 0 Å². The summed E-state index contributed by atoms with van der Waals surface area (Å²) in [6.45, 7) is 11.7. The van der Waals surface area contributed by atoms with Crippen molar-refractivity contribution in [2.75, 3.05) is 53.4 Å². The van der Waals surface area contributed by atoms with Gasteiger partial charge in [-0.15, -0.1) is 0 Å². The summed E-state index contributed by atoms with van der Waals surface area (Å²) in [7, 11) is 4.31. The summed E-state index contributed by atoms with van der Waals surface area (Å²) in [5, 5.41) is 3.38. The first-order chi connectivity index (χ1) is 8.70. The van der Waals surface area contributed by atoms with E-state index in [-0.39, 0.29) is 0 Å². The maximum Gasteiger partial charge on any atom is -0.000667 e. The van der Waals surface area contributed by atoms with Crippen molar-refractivity contribution in [3.05, 3.63) is 0 Å². The number of unbranched alkanes of at least 4 members (excludes halogenated alkanes) is 3. The molecule has 110 valence electrons. The quantitative estimate of drug-likeness (QED) is 0.511. The minimum atomic E-state index is 1.11. The highest BCUT2D eigenvalue weighted by molar-refractivity contribution is 4.58. The molecule has 0 heterocycles. The number of hydrogen-bond acceptors (Lipinski definition) is 3. The molecule has 0 amide bonds. The van der Waals surface area contributed by atoms with E-state index >= 15 is 0 Å². The van der Waals surface area contributed by atoms with E-state index in [9.17, 15) is 0 Å². The van der Waals surface area contributed by atoms with E-state index in [4.69, 9.17) is 0 Å². The Hall–Kier alpha value is -0.120. The van der Waals surface area contributed by atoms with Crippen LogP contribution in [0, 0.1) is 0 Å². The highest BCUT2D eigenvalue weighted by Crippen LogP contribution is 2.02. The van der Waals surface area contributed by atoms with E-state index in [1.165, 1.54) is 64.8 Å². The summed E-state index contributed by atoms with van der Waals surface area (Å²) < 4.78 is 0. The van der Waals surface area contributed by atoms with Crippen LogP contribution in [0.3, 0.4) is 0 Å². The number of nitrogens with one attached hydrogen (secondary N) is 1. The maximum absolute atomic E-state index is 3.38. The Balaban J connectivity index is 3.33. The van der Waals surface area contributed by atoms with Crippen molar-refractivity contribution in [3.63, 3.8) is 0 Å². The molecule has 0 aromatic rings. The van der Waals surface area contributed by atoms with Crippen LogP contribution >= 0.6 is 0 Å².